The zero-order valence-corrected chi connectivity index (χ0v) is 13.3. The van der Waals surface area contributed by atoms with Crippen LogP contribution in [0.15, 0.2) is 42.7 Å². The standard InChI is InChI=1S/C17H21N3O3/c1-22-14-3-4-15(16(11-14)23-2)19-10-7-17(21)20-12-13-5-8-18-9-6-13/h3-6,8-9,11,19H,7,10,12H2,1-2H3,(H,20,21). The minimum atomic E-state index is -0.0122. The maximum atomic E-state index is 11.8. The molecule has 0 unspecified atom stereocenters. The summed E-state index contributed by atoms with van der Waals surface area (Å²) in [5, 5.41) is 6.07. The number of pyridine rings is 1. The van der Waals surface area contributed by atoms with Crippen LogP contribution < -0.4 is 20.1 Å². The first kappa shape index (κ1) is 16.6. The average Bonchev–Trinajstić information content (AvgIpc) is 2.61. The number of amides is 1. The van der Waals surface area contributed by atoms with E-state index in [1.807, 2.05) is 24.3 Å². The van der Waals surface area contributed by atoms with Gasteiger partial charge >= 0.3 is 0 Å². The molecule has 0 spiro atoms. The first-order chi connectivity index (χ1) is 11.2. The molecule has 0 aliphatic rings. The molecular weight excluding hydrogens is 294 g/mol. The predicted octanol–water partition coefficient (Wildman–Crippen LogP) is 2.22. The van der Waals surface area contributed by atoms with E-state index in [4.69, 9.17) is 9.47 Å². The highest BCUT2D eigenvalue weighted by atomic mass is 16.5. The van der Waals surface area contributed by atoms with Gasteiger partial charge in [-0.15, -0.1) is 0 Å². The Kier molecular flexibility index (Phi) is 6.23. The van der Waals surface area contributed by atoms with Crippen LogP contribution in [-0.2, 0) is 11.3 Å². The Hall–Kier alpha value is -2.76. The molecule has 0 bridgehead atoms. The molecule has 1 aromatic heterocycles. The number of nitrogens with zero attached hydrogens (tertiary/aromatic N) is 1. The largest absolute Gasteiger partial charge is 0.497 e. The van der Waals surface area contributed by atoms with Crippen molar-refractivity contribution in [2.45, 2.75) is 13.0 Å². The Bertz CT molecular complexity index is 632. The number of ether oxygens (including phenoxy) is 2. The zero-order chi connectivity index (χ0) is 16.5. The Labute approximate surface area is 135 Å². The second kappa shape index (κ2) is 8.63. The van der Waals surface area contributed by atoms with Gasteiger partial charge in [0.05, 0.1) is 19.9 Å². The number of rotatable bonds is 8. The molecule has 2 aromatic rings. The normalized spacial score (nSPS) is 10.0. The highest BCUT2D eigenvalue weighted by Crippen LogP contribution is 2.28. The third kappa shape index (κ3) is 5.18. The van der Waals surface area contributed by atoms with E-state index in [0.29, 0.717) is 25.3 Å². The number of hydrogen-bond donors (Lipinski definition) is 2. The maximum absolute atomic E-state index is 11.8. The van der Waals surface area contributed by atoms with E-state index >= 15 is 0 Å². The van der Waals surface area contributed by atoms with Crippen molar-refractivity contribution in [1.82, 2.24) is 10.3 Å². The van der Waals surface area contributed by atoms with Crippen LogP contribution in [0.4, 0.5) is 5.69 Å². The topological polar surface area (TPSA) is 72.5 Å². The van der Waals surface area contributed by atoms with Crippen LogP contribution in [0.5, 0.6) is 11.5 Å². The van der Waals surface area contributed by atoms with Crippen molar-refractivity contribution < 1.29 is 14.3 Å². The highest BCUT2D eigenvalue weighted by molar-refractivity contribution is 5.76. The summed E-state index contributed by atoms with van der Waals surface area (Å²) in [5.74, 6) is 1.39. The van der Waals surface area contributed by atoms with Gasteiger partial charge in [-0.2, -0.15) is 0 Å². The van der Waals surface area contributed by atoms with E-state index in [9.17, 15) is 4.79 Å². The van der Waals surface area contributed by atoms with Gasteiger partial charge < -0.3 is 20.1 Å². The first-order valence-electron chi connectivity index (χ1n) is 7.34. The zero-order valence-electron chi connectivity index (χ0n) is 13.3. The number of aromatic nitrogens is 1. The van der Waals surface area contributed by atoms with Gasteiger partial charge in [0.15, 0.2) is 0 Å². The van der Waals surface area contributed by atoms with Crippen molar-refractivity contribution in [3.05, 3.63) is 48.3 Å². The smallest absolute Gasteiger partial charge is 0.222 e. The Morgan fingerprint density at radius 3 is 2.61 bits per heavy atom. The van der Waals surface area contributed by atoms with Gasteiger partial charge in [-0.3, -0.25) is 9.78 Å². The molecule has 1 amide bonds. The SMILES string of the molecule is COc1ccc(NCCC(=O)NCc2ccncc2)c(OC)c1. The van der Waals surface area contributed by atoms with Crippen LogP contribution in [0.3, 0.4) is 0 Å². The molecule has 2 N–H and O–H groups in total. The number of nitrogens with one attached hydrogen (secondary N) is 2. The number of methoxy groups -OCH3 is 2. The summed E-state index contributed by atoms with van der Waals surface area (Å²) in [4.78, 5) is 15.8. The second-order valence-electron chi connectivity index (χ2n) is 4.88. The lowest BCUT2D eigenvalue weighted by atomic mass is 10.2. The summed E-state index contributed by atoms with van der Waals surface area (Å²) in [6.07, 6.45) is 3.79. The van der Waals surface area contributed by atoms with Gasteiger partial charge in [0.1, 0.15) is 11.5 Å². The van der Waals surface area contributed by atoms with E-state index in [1.165, 1.54) is 0 Å². The number of carbonyl (C=O) groups excluding carboxylic acids is 1. The van der Waals surface area contributed by atoms with Gasteiger partial charge in [0.25, 0.3) is 0 Å². The molecule has 6 heteroatoms. The predicted molar refractivity (Wildman–Crippen MR) is 88.7 cm³/mol. The molecule has 122 valence electrons. The molecule has 1 aromatic carbocycles. The average molecular weight is 315 g/mol. The fourth-order valence-corrected chi connectivity index (χ4v) is 2.04. The minimum Gasteiger partial charge on any atom is -0.497 e. The molecule has 0 saturated heterocycles. The van der Waals surface area contributed by atoms with Gasteiger partial charge in [-0.25, -0.2) is 0 Å². The lowest BCUT2D eigenvalue weighted by Gasteiger charge is -2.12. The molecule has 2 rings (SSSR count). The number of carbonyl (C=O) groups is 1. The lowest BCUT2D eigenvalue weighted by Crippen LogP contribution is -2.24. The van der Waals surface area contributed by atoms with Crippen molar-refractivity contribution in [3.8, 4) is 11.5 Å². The third-order valence-corrected chi connectivity index (χ3v) is 3.32. The molecule has 0 aliphatic heterocycles. The summed E-state index contributed by atoms with van der Waals surface area (Å²) >= 11 is 0. The van der Waals surface area contributed by atoms with Crippen LogP contribution in [0.2, 0.25) is 0 Å². The third-order valence-electron chi connectivity index (χ3n) is 3.32. The summed E-state index contributed by atoms with van der Waals surface area (Å²) < 4.78 is 10.5. The molecule has 1 heterocycles. The molecule has 0 atom stereocenters. The number of anilines is 1. The van der Waals surface area contributed by atoms with Crippen molar-refractivity contribution in [3.63, 3.8) is 0 Å². The Morgan fingerprint density at radius 2 is 1.91 bits per heavy atom. The summed E-state index contributed by atoms with van der Waals surface area (Å²) in [7, 11) is 3.20. The molecule has 0 aliphatic carbocycles. The van der Waals surface area contributed by atoms with Crippen LogP contribution >= 0.6 is 0 Å². The molecular formula is C17H21N3O3. The fraction of sp³-hybridized carbons (Fsp3) is 0.294. The van der Waals surface area contributed by atoms with E-state index in [2.05, 4.69) is 15.6 Å². The van der Waals surface area contributed by atoms with Gasteiger partial charge in [0.2, 0.25) is 5.91 Å². The molecule has 0 fully saturated rings. The summed E-state index contributed by atoms with van der Waals surface area (Å²) in [5.41, 5.74) is 1.85. The second-order valence-corrected chi connectivity index (χ2v) is 4.88. The summed E-state index contributed by atoms with van der Waals surface area (Å²) in [6.45, 7) is 1.03. The quantitative estimate of drug-likeness (QED) is 0.781. The minimum absolute atomic E-state index is 0.0122. The molecule has 0 saturated carbocycles. The fourth-order valence-electron chi connectivity index (χ4n) is 2.04. The molecule has 0 radical (unpaired) electrons. The van der Waals surface area contributed by atoms with E-state index in [1.54, 1.807) is 32.7 Å². The highest BCUT2D eigenvalue weighted by Gasteiger charge is 2.06. The lowest BCUT2D eigenvalue weighted by molar-refractivity contribution is -0.121. The van der Waals surface area contributed by atoms with E-state index < -0.39 is 0 Å². The summed E-state index contributed by atoms with van der Waals surface area (Å²) in [6, 6.07) is 9.26. The van der Waals surface area contributed by atoms with Crippen molar-refractivity contribution in [1.29, 1.82) is 0 Å². The molecule has 6 nitrogen and oxygen atoms in total. The van der Waals surface area contributed by atoms with Crippen LogP contribution in [0.1, 0.15) is 12.0 Å². The monoisotopic (exact) mass is 315 g/mol. The number of benzene rings is 1. The van der Waals surface area contributed by atoms with Gasteiger partial charge in [0, 0.05) is 38.0 Å². The number of hydrogen-bond acceptors (Lipinski definition) is 5. The Morgan fingerprint density at radius 1 is 1.13 bits per heavy atom. The van der Waals surface area contributed by atoms with E-state index in [-0.39, 0.29) is 5.91 Å². The van der Waals surface area contributed by atoms with Gasteiger partial charge in [-0.1, -0.05) is 0 Å². The van der Waals surface area contributed by atoms with Crippen molar-refractivity contribution in [2.24, 2.45) is 0 Å². The van der Waals surface area contributed by atoms with Crippen LogP contribution in [0, 0.1) is 0 Å². The van der Waals surface area contributed by atoms with Gasteiger partial charge in [-0.05, 0) is 29.8 Å². The van der Waals surface area contributed by atoms with Crippen molar-refractivity contribution >= 4 is 11.6 Å². The Balaban J connectivity index is 1.77. The van der Waals surface area contributed by atoms with Crippen LogP contribution in [-0.4, -0.2) is 31.7 Å². The van der Waals surface area contributed by atoms with Crippen molar-refractivity contribution in [2.75, 3.05) is 26.1 Å². The maximum Gasteiger partial charge on any atom is 0.222 e. The first-order valence-corrected chi connectivity index (χ1v) is 7.34. The van der Waals surface area contributed by atoms with E-state index in [0.717, 1.165) is 17.0 Å². The van der Waals surface area contributed by atoms with Crippen LogP contribution in [0.25, 0.3) is 0 Å². The molecule has 23 heavy (non-hydrogen) atoms.